The Morgan fingerprint density at radius 3 is 1.97 bits per heavy atom. The zero-order valence-corrected chi connectivity index (χ0v) is 19.2. The van der Waals surface area contributed by atoms with Gasteiger partial charge in [-0.15, -0.1) is 0 Å². The second kappa shape index (κ2) is 10.8. The molecule has 33 heavy (non-hydrogen) atoms. The van der Waals surface area contributed by atoms with E-state index in [0.29, 0.717) is 60.6 Å². The summed E-state index contributed by atoms with van der Waals surface area (Å²) >= 11 is 0. The van der Waals surface area contributed by atoms with Gasteiger partial charge in [-0.1, -0.05) is 24.3 Å². The van der Waals surface area contributed by atoms with Crippen molar-refractivity contribution in [3.8, 4) is 5.75 Å². The van der Waals surface area contributed by atoms with Gasteiger partial charge in [0.2, 0.25) is 0 Å². The Labute approximate surface area is 194 Å². The fourth-order valence-electron chi connectivity index (χ4n) is 5.36. The summed E-state index contributed by atoms with van der Waals surface area (Å²) in [4.78, 5) is 0. The summed E-state index contributed by atoms with van der Waals surface area (Å²) < 4.78 is 49.5. The zero-order valence-electron chi connectivity index (χ0n) is 19.2. The van der Waals surface area contributed by atoms with E-state index in [1.54, 1.807) is 24.3 Å². The van der Waals surface area contributed by atoms with Crippen LogP contribution >= 0.6 is 0 Å². The second-order valence-corrected chi connectivity index (χ2v) is 9.46. The molecule has 178 valence electrons. The average molecular weight is 459 g/mol. The van der Waals surface area contributed by atoms with Crippen LogP contribution in [-0.2, 0) is 0 Å². The van der Waals surface area contributed by atoms with Gasteiger partial charge in [-0.2, -0.15) is 0 Å². The minimum absolute atomic E-state index is 0.00795. The number of aliphatic hydroxyl groups excluding tert-OH is 1. The highest BCUT2D eigenvalue weighted by Gasteiger charge is 2.29. The topological polar surface area (TPSA) is 29.5 Å². The molecular formula is C28H33F3O2. The molecule has 2 nitrogen and oxygen atoms in total. The van der Waals surface area contributed by atoms with Gasteiger partial charge in [-0.05, 0) is 99.3 Å². The SMILES string of the molecule is CCOc1ccc(/C=C/C2CCC(c3ccc(C4CCC(O)CC4)c(F)c3F)CC2)c(F)c1. The van der Waals surface area contributed by atoms with Crippen LogP contribution in [0, 0.1) is 23.4 Å². The lowest BCUT2D eigenvalue weighted by molar-refractivity contribution is 0.122. The Balaban J connectivity index is 1.37. The maximum Gasteiger partial charge on any atom is 0.162 e. The number of hydrogen-bond acceptors (Lipinski definition) is 2. The standard InChI is InChI=1S/C28H33F3O2/c1-2-33-23-14-11-21(26(29)17-23)8-5-18-3-6-19(7-4-18)24-15-16-25(28(31)27(24)30)20-9-12-22(32)13-10-20/h5,8,11,14-20,22,32H,2-4,6-7,9-10,12-13H2,1H3/b8-5+. The largest absolute Gasteiger partial charge is 0.494 e. The van der Waals surface area contributed by atoms with Crippen molar-refractivity contribution in [2.24, 2.45) is 5.92 Å². The molecule has 0 heterocycles. The van der Waals surface area contributed by atoms with Gasteiger partial charge in [0, 0.05) is 11.6 Å². The van der Waals surface area contributed by atoms with Crippen LogP contribution in [-0.4, -0.2) is 17.8 Å². The number of halogens is 3. The summed E-state index contributed by atoms with van der Waals surface area (Å²) in [6.07, 6.45) is 9.51. The highest BCUT2D eigenvalue weighted by Crippen LogP contribution is 2.41. The average Bonchev–Trinajstić information content (AvgIpc) is 2.82. The first-order chi connectivity index (χ1) is 16.0. The first-order valence-corrected chi connectivity index (χ1v) is 12.2. The highest BCUT2D eigenvalue weighted by atomic mass is 19.2. The third-order valence-electron chi connectivity index (χ3n) is 7.32. The number of benzene rings is 2. The molecule has 1 N–H and O–H groups in total. The van der Waals surface area contributed by atoms with Gasteiger partial charge < -0.3 is 9.84 Å². The van der Waals surface area contributed by atoms with Crippen molar-refractivity contribution in [1.29, 1.82) is 0 Å². The van der Waals surface area contributed by atoms with Crippen LogP contribution in [0.2, 0.25) is 0 Å². The van der Waals surface area contributed by atoms with Crippen molar-refractivity contribution in [2.45, 2.75) is 76.2 Å². The third-order valence-corrected chi connectivity index (χ3v) is 7.32. The molecule has 2 fully saturated rings. The Kier molecular flexibility index (Phi) is 7.79. The van der Waals surface area contributed by atoms with E-state index in [2.05, 4.69) is 0 Å². The van der Waals surface area contributed by atoms with E-state index in [9.17, 15) is 18.3 Å². The molecule has 0 aromatic heterocycles. The van der Waals surface area contributed by atoms with E-state index < -0.39 is 11.6 Å². The molecule has 0 bridgehead atoms. The molecule has 2 aliphatic rings. The maximum absolute atomic E-state index is 15.0. The lowest BCUT2D eigenvalue weighted by atomic mass is 9.77. The number of rotatable bonds is 6. The first kappa shape index (κ1) is 23.9. The van der Waals surface area contributed by atoms with Gasteiger partial charge >= 0.3 is 0 Å². The van der Waals surface area contributed by atoms with Crippen LogP contribution in [0.25, 0.3) is 6.08 Å². The summed E-state index contributed by atoms with van der Waals surface area (Å²) in [5, 5.41) is 9.68. The van der Waals surface area contributed by atoms with E-state index in [0.717, 1.165) is 25.7 Å². The van der Waals surface area contributed by atoms with Crippen molar-refractivity contribution in [3.63, 3.8) is 0 Å². The van der Waals surface area contributed by atoms with E-state index in [4.69, 9.17) is 4.74 Å². The zero-order chi connectivity index (χ0) is 23.4. The summed E-state index contributed by atoms with van der Waals surface area (Å²) in [5.41, 5.74) is 1.46. The van der Waals surface area contributed by atoms with Crippen LogP contribution in [0.1, 0.15) is 86.8 Å². The molecule has 2 saturated carbocycles. The molecule has 0 spiro atoms. The van der Waals surface area contributed by atoms with Gasteiger partial charge in [-0.25, -0.2) is 13.2 Å². The van der Waals surface area contributed by atoms with Gasteiger partial charge in [0.25, 0.3) is 0 Å². The van der Waals surface area contributed by atoms with Crippen molar-refractivity contribution in [2.75, 3.05) is 6.61 Å². The molecule has 4 rings (SSSR count). The Morgan fingerprint density at radius 2 is 1.42 bits per heavy atom. The van der Waals surface area contributed by atoms with Crippen molar-refractivity contribution in [3.05, 3.63) is 70.5 Å². The lowest BCUT2D eigenvalue weighted by Crippen LogP contribution is -2.19. The Hall–Kier alpha value is -2.27. The molecule has 2 aliphatic carbocycles. The quantitative estimate of drug-likeness (QED) is 0.485. The molecule has 5 heteroatoms. The fraction of sp³-hybridized carbons (Fsp3) is 0.500. The van der Waals surface area contributed by atoms with E-state index in [1.165, 1.54) is 6.07 Å². The van der Waals surface area contributed by atoms with Crippen molar-refractivity contribution >= 4 is 6.08 Å². The van der Waals surface area contributed by atoms with E-state index >= 15 is 0 Å². The monoisotopic (exact) mass is 458 g/mol. The first-order valence-electron chi connectivity index (χ1n) is 12.2. The van der Waals surface area contributed by atoms with Gasteiger partial charge in [0.1, 0.15) is 11.6 Å². The minimum atomic E-state index is -0.707. The van der Waals surface area contributed by atoms with Crippen LogP contribution in [0.3, 0.4) is 0 Å². The lowest BCUT2D eigenvalue weighted by Gasteiger charge is -2.29. The van der Waals surface area contributed by atoms with Crippen LogP contribution in [0.5, 0.6) is 5.75 Å². The summed E-state index contributed by atoms with van der Waals surface area (Å²) in [5.74, 6) is -0.900. The summed E-state index contributed by atoms with van der Waals surface area (Å²) in [6.45, 7) is 2.36. The highest BCUT2D eigenvalue weighted by molar-refractivity contribution is 5.52. The Morgan fingerprint density at radius 1 is 0.848 bits per heavy atom. The molecule has 2 aromatic rings. The maximum atomic E-state index is 15.0. The fourth-order valence-corrected chi connectivity index (χ4v) is 5.36. The molecular weight excluding hydrogens is 425 g/mol. The summed E-state index contributed by atoms with van der Waals surface area (Å²) in [6, 6.07) is 8.41. The molecule has 0 aliphatic heterocycles. The van der Waals surface area contributed by atoms with Gasteiger partial charge in [-0.3, -0.25) is 0 Å². The molecule has 0 saturated heterocycles. The molecule has 0 atom stereocenters. The van der Waals surface area contributed by atoms with E-state index in [-0.39, 0.29) is 23.8 Å². The van der Waals surface area contributed by atoms with Gasteiger partial charge in [0.05, 0.1) is 12.7 Å². The number of allylic oxidation sites excluding steroid dienone is 1. The van der Waals surface area contributed by atoms with Crippen LogP contribution in [0.15, 0.2) is 36.4 Å². The Bertz CT molecular complexity index is 971. The molecule has 0 radical (unpaired) electrons. The normalized spacial score (nSPS) is 26.0. The number of aliphatic hydroxyl groups is 1. The van der Waals surface area contributed by atoms with Gasteiger partial charge in [0.15, 0.2) is 11.6 Å². The minimum Gasteiger partial charge on any atom is -0.494 e. The van der Waals surface area contributed by atoms with Crippen molar-refractivity contribution in [1.82, 2.24) is 0 Å². The van der Waals surface area contributed by atoms with E-state index in [1.807, 2.05) is 19.1 Å². The molecule has 2 aromatic carbocycles. The summed E-state index contributed by atoms with van der Waals surface area (Å²) in [7, 11) is 0. The molecule has 0 unspecified atom stereocenters. The van der Waals surface area contributed by atoms with Crippen molar-refractivity contribution < 1.29 is 23.0 Å². The second-order valence-electron chi connectivity index (χ2n) is 9.46. The predicted molar refractivity (Wildman–Crippen MR) is 125 cm³/mol. The predicted octanol–water partition coefficient (Wildman–Crippen LogP) is 7.51. The smallest absolute Gasteiger partial charge is 0.162 e. The molecule has 0 amide bonds. The number of ether oxygens (including phenoxy) is 1. The number of hydrogen-bond donors (Lipinski definition) is 1. The van der Waals surface area contributed by atoms with Crippen LogP contribution in [0.4, 0.5) is 13.2 Å². The third kappa shape index (κ3) is 5.63. The van der Waals surface area contributed by atoms with Crippen LogP contribution < -0.4 is 4.74 Å².